The number of carbonyl (C=O) groups is 1. The zero-order valence-electron chi connectivity index (χ0n) is 10.7. The Morgan fingerprint density at radius 3 is 3.17 bits per heavy atom. The third-order valence-corrected chi connectivity index (χ3v) is 4.07. The van der Waals surface area contributed by atoms with E-state index in [0.717, 1.165) is 30.1 Å². The van der Waals surface area contributed by atoms with Crippen LogP contribution in [0.5, 0.6) is 0 Å². The largest absolute Gasteiger partial charge is 0.380 e. The van der Waals surface area contributed by atoms with E-state index in [4.69, 9.17) is 4.74 Å². The average Bonchev–Trinajstić information content (AvgIpc) is 2.98. The Kier molecular flexibility index (Phi) is 4.68. The lowest BCUT2D eigenvalue weighted by atomic mass is 10.2. The first-order valence-corrected chi connectivity index (χ1v) is 7.02. The molecule has 1 saturated heterocycles. The molecule has 1 fully saturated rings. The summed E-state index contributed by atoms with van der Waals surface area (Å²) in [6.45, 7) is 3.37. The van der Waals surface area contributed by atoms with E-state index in [1.54, 1.807) is 18.4 Å². The molecule has 6 heteroatoms. The number of aryl methyl sites for hydroxylation is 1. The third-order valence-electron chi connectivity index (χ3n) is 3.05. The van der Waals surface area contributed by atoms with Gasteiger partial charge in [-0.1, -0.05) is 0 Å². The standard InChI is InChI=1S/C12H19N3O2S/c1-8-7-18-11(15-8)3-4-13-12(16)10-5-9(17-2)6-14-10/h7,9-10,14H,3-6H2,1-2H3,(H,13,16). The highest BCUT2D eigenvalue weighted by atomic mass is 32.1. The van der Waals surface area contributed by atoms with Crippen LogP contribution in [0.4, 0.5) is 0 Å². The molecule has 1 aliphatic rings. The molecule has 2 unspecified atom stereocenters. The van der Waals surface area contributed by atoms with Gasteiger partial charge in [0.05, 0.1) is 17.2 Å². The number of ether oxygens (including phenoxy) is 1. The van der Waals surface area contributed by atoms with Gasteiger partial charge in [-0.05, 0) is 13.3 Å². The summed E-state index contributed by atoms with van der Waals surface area (Å²) in [6, 6.07) is -0.118. The van der Waals surface area contributed by atoms with Crippen LogP contribution in [-0.4, -0.2) is 43.2 Å². The number of carbonyl (C=O) groups excluding carboxylic acids is 1. The van der Waals surface area contributed by atoms with Gasteiger partial charge in [0.15, 0.2) is 0 Å². The van der Waals surface area contributed by atoms with Crippen LogP contribution in [0, 0.1) is 6.92 Å². The summed E-state index contributed by atoms with van der Waals surface area (Å²) in [5.41, 5.74) is 1.04. The summed E-state index contributed by atoms with van der Waals surface area (Å²) in [5.74, 6) is 0.0582. The van der Waals surface area contributed by atoms with Gasteiger partial charge in [-0.15, -0.1) is 11.3 Å². The second-order valence-electron chi connectivity index (χ2n) is 4.48. The second kappa shape index (κ2) is 6.26. The van der Waals surface area contributed by atoms with Crippen molar-refractivity contribution in [2.75, 3.05) is 20.2 Å². The minimum absolute atomic E-state index is 0.0582. The quantitative estimate of drug-likeness (QED) is 0.816. The number of rotatable bonds is 5. The van der Waals surface area contributed by atoms with Crippen molar-refractivity contribution >= 4 is 17.2 Å². The predicted octanol–water partition coefficient (Wildman–Crippen LogP) is 0.487. The maximum atomic E-state index is 11.9. The predicted molar refractivity (Wildman–Crippen MR) is 70.8 cm³/mol. The fourth-order valence-electron chi connectivity index (χ4n) is 2.02. The van der Waals surface area contributed by atoms with Gasteiger partial charge in [0.25, 0.3) is 0 Å². The van der Waals surface area contributed by atoms with Crippen LogP contribution in [0.1, 0.15) is 17.1 Å². The summed E-state index contributed by atoms with van der Waals surface area (Å²) in [4.78, 5) is 16.2. The summed E-state index contributed by atoms with van der Waals surface area (Å²) in [7, 11) is 1.68. The number of nitrogens with one attached hydrogen (secondary N) is 2. The van der Waals surface area contributed by atoms with Crippen molar-refractivity contribution in [1.29, 1.82) is 0 Å². The lowest BCUT2D eigenvalue weighted by Gasteiger charge is -2.10. The molecule has 0 aliphatic carbocycles. The summed E-state index contributed by atoms with van der Waals surface area (Å²) < 4.78 is 5.22. The van der Waals surface area contributed by atoms with Gasteiger partial charge in [-0.25, -0.2) is 4.98 Å². The monoisotopic (exact) mass is 269 g/mol. The van der Waals surface area contributed by atoms with Crippen molar-refractivity contribution in [1.82, 2.24) is 15.6 Å². The van der Waals surface area contributed by atoms with Crippen LogP contribution in [0.2, 0.25) is 0 Å². The van der Waals surface area contributed by atoms with E-state index in [-0.39, 0.29) is 18.1 Å². The molecule has 0 saturated carbocycles. The molecule has 0 aromatic carbocycles. The molecule has 2 atom stereocenters. The maximum Gasteiger partial charge on any atom is 0.237 e. The molecule has 100 valence electrons. The normalized spacial score (nSPS) is 23.2. The Morgan fingerprint density at radius 1 is 1.72 bits per heavy atom. The second-order valence-corrected chi connectivity index (χ2v) is 5.42. The molecule has 0 radical (unpaired) electrons. The highest BCUT2D eigenvalue weighted by Crippen LogP contribution is 2.10. The van der Waals surface area contributed by atoms with Gasteiger partial charge < -0.3 is 15.4 Å². The van der Waals surface area contributed by atoms with Crippen molar-refractivity contribution < 1.29 is 9.53 Å². The Labute approximate surface area is 111 Å². The van der Waals surface area contributed by atoms with Crippen molar-refractivity contribution in [3.8, 4) is 0 Å². The van der Waals surface area contributed by atoms with Gasteiger partial charge >= 0.3 is 0 Å². The fourth-order valence-corrected chi connectivity index (χ4v) is 2.79. The van der Waals surface area contributed by atoms with Gasteiger partial charge in [0.2, 0.25) is 5.91 Å². The number of aromatic nitrogens is 1. The van der Waals surface area contributed by atoms with E-state index in [2.05, 4.69) is 15.6 Å². The van der Waals surface area contributed by atoms with Gasteiger partial charge in [0, 0.05) is 37.7 Å². The topological polar surface area (TPSA) is 63.2 Å². The number of thiazole rings is 1. The molecule has 5 nitrogen and oxygen atoms in total. The van der Waals surface area contributed by atoms with Crippen LogP contribution < -0.4 is 10.6 Å². The number of methoxy groups -OCH3 is 1. The molecule has 18 heavy (non-hydrogen) atoms. The average molecular weight is 269 g/mol. The zero-order chi connectivity index (χ0) is 13.0. The van der Waals surface area contributed by atoms with Crippen LogP contribution in [0.15, 0.2) is 5.38 Å². The van der Waals surface area contributed by atoms with Crippen LogP contribution >= 0.6 is 11.3 Å². The Hall–Kier alpha value is -0.980. The number of amides is 1. The van der Waals surface area contributed by atoms with E-state index in [0.29, 0.717) is 6.54 Å². The van der Waals surface area contributed by atoms with E-state index in [1.165, 1.54) is 0 Å². The van der Waals surface area contributed by atoms with Gasteiger partial charge in [-0.3, -0.25) is 4.79 Å². The summed E-state index contributed by atoms with van der Waals surface area (Å²) >= 11 is 1.64. The molecular weight excluding hydrogens is 250 g/mol. The van der Waals surface area contributed by atoms with E-state index in [1.807, 2.05) is 12.3 Å². The first-order valence-electron chi connectivity index (χ1n) is 6.14. The Bertz CT molecular complexity index is 408. The van der Waals surface area contributed by atoms with E-state index < -0.39 is 0 Å². The molecule has 0 spiro atoms. The number of hydrogen-bond acceptors (Lipinski definition) is 5. The highest BCUT2D eigenvalue weighted by molar-refractivity contribution is 7.09. The molecule has 1 aliphatic heterocycles. The molecule has 1 aromatic rings. The van der Waals surface area contributed by atoms with Gasteiger partial charge in [-0.2, -0.15) is 0 Å². The van der Waals surface area contributed by atoms with Crippen LogP contribution in [0.25, 0.3) is 0 Å². The number of hydrogen-bond donors (Lipinski definition) is 2. The Balaban J connectivity index is 1.69. The molecule has 2 heterocycles. The fraction of sp³-hybridized carbons (Fsp3) is 0.667. The van der Waals surface area contributed by atoms with Gasteiger partial charge in [0.1, 0.15) is 0 Å². The Morgan fingerprint density at radius 2 is 2.56 bits per heavy atom. The van der Waals surface area contributed by atoms with Crippen LogP contribution in [0.3, 0.4) is 0 Å². The van der Waals surface area contributed by atoms with Crippen molar-refractivity contribution in [2.45, 2.75) is 31.9 Å². The van der Waals surface area contributed by atoms with Crippen molar-refractivity contribution in [3.63, 3.8) is 0 Å². The van der Waals surface area contributed by atoms with E-state index >= 15 is 0 Å². The first-order chi connectivity index (χ1) is 8.69. The molecule has 1 aromatic heterocycles. The number of nitrogens with zero attached hydrogens (tertiary/aromatic N) is 1. The summed E-state index contributed by atoms with van der Waals surface area (Å²) in [6.07, 6.45) is 1.70. The highest BCUT2D eigenvalue weighted by Gasteiger charge is 2.28. The first kappa shape index (κ1) is 13.5. The molecular formula is C12H19N3O2S. The zero-order valence-corrected chi connectivity index (χ0v) is 11.5. The third kappa shape index (κ3) is 3.51. The maximum absolute atomic E-state index is 11.9. The summed E-state index contributed by atoms with van der Waals surface area (Å²) in [5, 5.41) is 9.19. The lowest BCUT2D eigenvalue weighted by Crippen LogP contribution is -2.41. The minimum atomic E-state index is -0.118. The lowest BCUT2D eigenvalue weighted by molar-refractivity contribution is -0.122. The van der Waals surface area contributed by atoms with E-state index in [9.17, 15) is 4.79 Å². The van der Waals surface area contributed by atoms with Crippen LogP contribution in [-0.2, 0) is 16.0 Å². The van der Waals surface area contributed by atoms with Crippen molar-refractivity contribution in [2.24, 2.45) is 0 Å². The minimum Gasteiger partial charge on any atom is -0.380 e. The molecule has 1 amide bonds. The molecule has 0 bridgehead atoms. The molecule has 2 rings (SSSR count). The SMILES string of the molecule is COC1CNC(C(=O)NCCc2nc(C)cs2)C1. The molecule has 2 N–H and O–H groups in total. The smallest absolute Gasteiger partial charge is 0.237 e. The van der Waals surface area contributed by atoms with Crippen molar-refractivity contribution in [3.05, 3.63) is 16.1 Å².